The summed E-state index contributed by atoms with van der Waals surface area (Å²) < 4.78 is 9.22. The predicted octanol–water partition coefficient (Wildman–Crippen LogP) is 1.82. The standard InChI is InChI=1S/C15H20N2O5/c1-3-22-14(19)9-8-13(18)17-12-6-4-11(5-7-12)10-16-15(20)21-2/h4-7H,3,8-10H2,1-2H3,(H,16,20)(H,17,18). The molecule has 7 nitrogen and oxygen atoms in total. The molecule has 2 N–H and O–H groups in total. The Morgan fingerprint density at radius 2 is 1.77 bits per heavy atom. The third kappa shape index (κ3) is 6.74. The van der Waals surface area contributed by atoms with E-state index in [-0.39, 0.29) is 24.7 Å². The molecule has 7 heteroatoms. The summed E-state index contributed by atoms with van der Waals surface area (Å²) in [7, 11) is 1.30. The van der Waals surface area contributed by atoms with Gasteiger partial charge < -0.3 is 20.1 Å². The second kappa shape index (κ2) is 9.38. The van der Waals surface area contributed by atoms with E-state index in [1.54, 1.807) is 31.2 Å². The van der Waals surface area contributed by atoms with Crippen LogP contribution in [0.2, 0.25) is 0 Å². The fraction of sp³-hybridized carbons (Fsp3) is 0.400. The molecule has 0 aliphatic heterocycles. The van der Waals surface area contributed by atoms with Gasteiger partial charge in [0.05, 0.1) is 20.1 Å². The van der Waals surface area contributed by atoms with Crippen LogP contribution >= 0.6 is 0 Å². The summed E-state index contributed by atoms with van der Waals surface area (Å²) in [6, 6.07) is 6.99. The minimum Gasteiger partial charge on any atom is -0.466 e. The highest BCUT2D eigenvalue weighted by Crippen LogP contribution is 2.10. The van der Waals surface area contributed by atoms with Crippen LogP contribution in [0.25, 0.3) is 0 Å². The topological polar surface area (TPSA) is 93.7 Å². The molecule has 1 aromatic carbocycles. The van der Waals surface area contributed by atoms with Crippen molar-refractivity contribution in [3.63, 3.8) is 0 Å². The third-order valence-electron chi connectivity index (χ3n) is 2.72. The highest BCUT2D eigenvalue weighted by molar-refractivity contribution is 5.92. The molecule has 0 fully saturated rings. The first-order valence-corrected chi connectivity index (χ1v) is 6.91. The number of methoxy groups -OCH3 is 1. The maximum absolute atomic E-state index is 11.7. The van der Waals surface area contributed by atoms with E-state index in [2.05, 4.69) is 15.4 Å². The number of ether oxygens (including phenoxy) is 2. The summed E-state index contributed by atoms with van der Waals surface area (Å²) in [6.07, 6.45) is -0.373. The number of esters is 1. The van der Waals surface area contributed by atoms with Gasteiger partial charge in [0.2, 0.25) is 5.91 Å². The van der Waals surface area contributed by atoms with Crippen LogP contribution in [-0.2, 0) is 25.6 Å². The van der Waals surface area contributed by atoms with Gasteiger partial charge in [0.25, 0.3) is 0 Å². The second-order valence-electron chi connectivity index (χ2n) is 4.40. The van der Waals surface area contributed by atoms with Gasteiger partial charge in [0.15, 0.2) is 0 Å². The molecule has 0 bridgehead atoms. The second-order valence-corrected chi connectivity index (χ2v) is 4.40. The fourth-order valence-electron chi connectivity index (χ4n) is 1.62. The summed E-state index contributed by atoms with van der Waals surface area (Å²) in [4.78, 5) is 33.8. The van der Waals surface area contributed by atoms with E-state index in [1.807, 2.05) is 0 Å². The van der Waals surface area contributed by atoms with Crippen LogP contribution < -0.4 is 10.6 Å². The molecule has 0 aliphatic carbocycles. The van der Waals surface area contributed by atoms with E-state index >= 15 is 0 Å². The molecule has 2 amide bonds. The molecule has 0 atom stereocenters. The summed E-state index contributed by atoms with van der Waals surface area (Å²) in [5, 5.41) is 5.24. The molecule has 22 heavy (non-hydrogen) atoms. The lowest BCUT2D eigenvalue weighted by atomic mass is 10.2. The third-order valence-corrected chi connectivity index (χ3v) is 2.72. The Balaban J connectivity index is 2.38. The first-order chi connectivity index (χ1) is 10.5. The number of rotatable bonds is 7. The van der Waals surface area contributed by atoms with Gasteiger partial charge in [-0.1, -0.05) is 12.1 Å². The monoisotopic (exact) mass is 308 g/mol. The van der Waals surface area contributed by atoms with Crippen molar-refractivity contribution < 1.29 is 23.9 Å². The van der Waals surface area contributed by atoms with Crippen molar-refractivity contribution in [3.8, 4) is 0 Å². The molecular formula is C15H20N2O5. The van der Waals surface area contributed by atoms with Crippen LogP contribution in [-0.4, -0.2) is 31.7 Å². The van der Waals surface area contributed by atoms with Crippen molar-refractivity contribution in [2.24, 2.45) is 0 Å². The van der Waals surface area contributed by atoms with Gasteiger partial charge in [-0.25, -0.2) is 4.79 Å². The Labute approximate surface area is 129 Å². The Hall–Kier alpha value is -2.57. The van der Waals surface area contributed by atoms with Crippen LogP contribution in [0.15, 0.2) is 24.3 Å². The minimum absolute atomic E-state index is 0.0564. The van der Waals surface area contributed by atoms with Gasteiger partial charge in [-0.3, -0.25) is 9.59 Å². The number of benzene rings is 1. The van der Waals surface area contributed by atoms with Gasteiger partial charge in [-0.05, 0) is 24.6 Å². The molecule has 0 saturated heterocycles. The van der Waals surface area contributed by atoms with Crippen LogP contribution in [0.5, 0.6) is 0 Å². The van der Waals surface area contributed by atoms with Crippen molar-refractivity contribution >= 4 is 23.7 Å². The highest BCUT2D eigenvalue weighted by Gasteiger charge is 2.08. The molecule has 0 spiro atoms. The number of anilines is 1. The number of amides is 2. The van der Waals surface area contributed by atoms with Gasteiger partial charge in [0, 0.05) is 18.7 Å². The number of carbonyl (C=O) groups is 3. The number of carbonyl (C=O) groups excluding carboxylic acids is 3. The molecule has 120 valence electrons. The largest absolute Gasteiger partial charge is 0.466 e. The van der Waals surface area contributed by atoms with Gasteiger partial charge >= 0.3 is 12.1 Å². The van der Waals surface area contributed by atoms with E-state index in [0.717, 1.165) is 5.56 Å². The molecule has 0 heterocycles. The maximum atomic E-state index is 11.7. The Morgan fingerprint density at radius 1 is 1.09 bits per heavy atom. The molecule has 0 saturated carbocycles. The quantitative estimate of drug-likeness (QED) is 0.749. The zero-order valence-corrected chi connectivity index (χ0v) is 12.7. The van der Waals surface area contributed by atoms with E-state index in [0.29, 0.717) is 18.8 Å². The van der Waals surface area contributed by atoms with E-state index in [9.17, 15) is 14.4 Å². The lowest BCUT2D eigenvalue weighted by Gasteiger charge is -2.07. The summed E-state index contributed by atoms with van der Waals surface area (Å²) >= 11 is 0. The van der Waals surface area contributed by atoms with Crippen LogP contribution in [0.3, 0.4) is 0 Å². The average molecular weight is 308 g/mol. The first kappa shape index (κ1) is 17.5. The Bertz CT molecular complexity index is 513. The maximum Gasteiger partial charge on any atom is 0.407 e. The molecular weight excluding hydrogens is 288 g/mol. The van der Waals surface area contributed by atoms with E-state index < -0.39 is 6.09 Å². The summed E-state index contributed by atoms with van der Waals surface area (Å²) in [5.74, 6) is -0.643. The van der Waals surface area contributed by atoms with Crippen LogP contribution in [0, 0.1) is 0 Å². The summed E-state index contributed by atoms with van der Waals surface area (Å²) in [5.41, 5.74) is 1.49. The number of nitrogens with one attached hydrogen (secondary N) is 2. The lowest BCUT2D eigenvalue weighted by Crippen LogP contribution is -2.22. The lowest BCUT2D eigenvalue weighted by molar-refractivity contribution is -0.144. The Kier molecular flexibility index (Phi) is 7.45. The molecule has 0 aliphatic rings. The van der Waals surface area contributed by atoms with Gasteiger partial charge in [0.1, 0.15) is 0 Å². The van der Waals surface area contributed by atoms with Crippen LogP contribution in [0.4, 0.5) is 10.5 Å². The van der Waals surface area contributed by atoms with E-state index in [1.165, 1.54) is 7.11 Å². The molecule has 0 unspecified atom stereocenters. The minimum atomic E-state index is -0.503. The molecule has 1 aromatic rings. The van der Waals surface area contributed by atoms with Crippen molar-refractivity contribution in [2.45, 2.75) is 26.3 Å². The SMILES string of the molecule is CCOC(=O)CCC(=O)Nc1ccc(CNC(=O)OC)cc1. The molecule has 0 aromatic heterocycles. The van der Waals surface area contributed by atoms with Crippen molar-refractivity contribution in [2.75, 3.05) is 19.0 Å². The predicted molar refractivity (Wildman–Crippen MR) is 80.2 cm³/mol. The number of alkyl carbamates (subject to hydrolysis) is 1. The molecule has 0 radical (unpaired) electrons. The van der Waals surface area contributed by atoms with Crippen LogP contribution in [0.1, 0.15) is 25.3 Å². The normalized spacial score (nSPS) is 9.73. The van der Waals surface area contributed by atoms with E-state index in [4.69, 9.17) is 4.74 Å². The average Bonchev–Trinajstić information content (AvgIpc) is 2.52. The number of hydrogen-bond acceptors (Lipinski definition) is 5. The number of hydrogen-bond donors (Lipinski definition) is 2. The van der Waals surface area contributed by atoms with Crippen molar-refractivity contribution in [1.82, 2.24) is 5.32 Å². The summed E-state index contributed by atoms with van der Waals surface area (Å²) in [6.45, 7) is 2.36. The smallest absolute Gasteiger partial charge is 0.407 e. The highest BCUT2D eigenvalue weighted by atomic mass is 16.5. The fourth-order valence-corrected chi connectivity index (χ4v) is 1.62. The first-order valence-electron chi connectivity index (χ1n) is 6.91. The van der Waals surface area contributed by atoms with Gasteiger partial charge in [-0.15, -0.1) is 0 Å². The van der Waals surface area contributed by atoms with Gasteiger partial charge in [-0.2, -0.15) is 0 Å². The zero-order valence-electron chi connectivity index (χ0n) is 12.7. The van der Waals surface area contributed by atoms with Crippen molar-refractivity contribution in [1.29, 1.82) is 0 Å². The molecule has 1 rings (SSSR count). The van der Waals surface area contributed by atoms with Crippen molar-refractivity contribution in [3.05, 3.63) is 29.8 Å². The Morgan fingerprint density at radius 3 is 2.36 bits per heavy atom. The zero-order chi connectivity index (χ0) is 16.4.